The summed E-state index contributed by atoms with van der Waals surface area (Å²) in [4.78, 5) is 45.9. The average molecular weight is 282 g/mol. The molecule has 0 spiro atoms. The van der Waals surface area contributed by atoms with Crippen LogP contribution < -0.4 is 0 Å². The van der Waals surface area contributed by atoms with Crippen molar-refractivity contribution in [3.8, 4) is 0 Å². The van der Waals surface area contributed by atoms with Gasteiger partial charge < -0.3 is 9.47 Å². The highest BCUT2D eigenvalue weighted by Crippen LogP contribution is 2.36. The number of hydrogen-bond donors (Lipinski definition) is 0. The largest absolute Gasteiger partial charge is 0.464 e. The molecular weight excluding hydrogens is 264 g/mol. The molecule has 0 radical (unpaired) electrons. The normalized spacial score (nSPS) is 25.9. The Kier molecular flexibility index (Phi) is 4.52. The minimum Gasteiger partial charge on any atom is -0.464 e. The van der Waals surface area contributed by atoms with Gasteiger partial charge in [-0.3, -0.25) is 19.2 Å². The molecule has 0 aromatic carbocycles. The number of carbonyl (C=O) groups excluding carboxylic acids is 4. The Bertz CT molecular complexity index is 417. The van der Waals surface area contributed by atoms with Gasteiger partial charge in [-0.25, -0.2) is 0 Å². The van der Waals surface area contributed by atoms with E-state index in [1.165, 1.54) is 0 Å². The minimum atomic E-state index is -0.390. The molecule has 0 aromatic heterocycles. The van der Waals surface area contributed by atoms with Crippen LogP contribution in [0.3, 0.4) is 0 Å². The van der Waals surface area contributed by atoms with E-state index in [4.69, 9.17) is 9.47 Å². The van der Waals surface area contributed by atoms with Gasteiger partial charge in [0.25, 0.3) is 0 Å². The Morgan fingerprint density at radius 3 is 1.90 bits per heavy atom. The first kappa shape index (κ1) is 14.7. The van der Waals surface area contributed by atoms with Crippen molar-refractivity contribution in [2.24, 2.45) is 17.8 Å². The fraction of sp³-hybridized carbons (Fsp3) is 0.714. The zero-order chi connectivity index (χ0) is 14.7. The van der Waals surface area contributed by atoms with E-state index < -0.39 is 11.8 Å². The van der Waals surface area contributed by atoms with Gasteiger partial charge in [-0.2, -0.15) is 0 Å². The van der Waals surface area contributed by atoms with E-state index in [1.807, 2.05) is 0 Å². The summed E-state index contributed by atoms with van der Waals surface area (Å²) in [6.45, 7) is 2.27. The lowest BCUT2D eigenvalue weighted by atomic mass is 9.75. The molecule has 2 atom stereocenters. The third kappa shape index (κ3) is 3.05. The first-order valence-corrected chi connectivity index (χ1v) is 6.89. The third-order valence-corrected chi connectivity index (χ3v) is 3.99. The number of hydrogen-bond acceptors (Lipinski definition) is 6. The van der Waals surface area contributed by atoms with Crippen molar-refractivity contribution in [3.05, 3.63) is 0 Å². The zero-order valence-corrected chi connectivity index (χ0v) is 11.4. The van der Waals surface area contributed by atoms with Gasteiger partial charge in [0.15, 0.2) is 0 Å². The van der Waals surface area contributed by atoms with E-state index in [1.54, 1.807) is 6.92 Å². The Labute approximate surface area is 116 Å². The molecule has 0 bridgehead atoms. The molecule has 6 heteroatoms. The van der Waals surface area contributed by atoms with Gasteiger partial charge in [-0.1, -0.05) is 6.92 Å². The summed E-state index contributed by atoms with van der Waals surface area (Å²) in [6.07, 6.45) is 0.954. The van der Waals surface area contributed by atoms with E-state index >= 15 is 0 Å². The molecule has 0 amide bonds. The van der Waals surface area contributed by atoms with Crippen molar-refractivity contribution in [2.45, 2.75) is 32.6 Å². The molecule has 0 aliphatic carbocycles. The maximum absolute atomic E-state index is 11.9. The highest BCUT2D eigenvalue weighted by atomic mass is 16.6. The monoisotopic (exact) mass is 282 g/mol. The zero-order valence-electron chi connectivity index (χ0n) is 11.4. The Morgan fingerprint density at radius 2 is 1.55 bits per heavy atom. The number of cyclic esters (lactones) is 2. The van der Waals surface area contributed by atoms with Gasteiger partial charge in [0.05, 0.1) is 11.8 Å². The first-order valence-electron chi connectivity index (χ1n) is 6.89. The quantitative estimate of drug-likeness (QED) is 0.608. The molecule has 0 N–H and O–H groups in total. The second-order valence-electron chi connectivity index (χ2n) is 5.27. The predicted octanol–water partition coefficient (Wildman–Crippen LogP) is 0.667. The van der Waals surface area contributed by atoms with Crippen molar-refractivity contribution in [1.29, 1.82) is 0 Å². The van der Waals surface area contributed by atoms with Crippen LogP contribution in [0.15, 0.2) is 0 Å². The topological polar surface area (TPSA) is 86.7 Å². The summed E-state index contributed by atoms with van der Waals surface area (Å²) >= 11 is 0. The van der Waals surface area contributed by atoms with E-state index in [0.29, 0.717) is 6.42 Å². The van der Waals surface area contributed by atoms with Gasteiger partial charge in [-0.15, -0.1) is 0 Å². The molecule has 2 fully saturated rings. The van der Waals surface area contributed by atoms with Gasteiger partial charge >= 0.3 is 11.9 Å². The maximum atomic E-state index is 11.9. The highest BCUT2D eigenvalue weighted by molar-refractivity contribution is 5.88. The van der Waals surface area contributed by atoms with Crippen molar-refractivity contribution in [1.82, 2.24) is 0 Å². The number of carbonyl (C=O) groups is 4. The summed E-state index contributed by atoms with van der Waals surface area (Å²) in [6, 6.07) is 0. The number of Topliss-reactive ketones (excluding diaryl/α,β-unsaturated/α-hetero) is 2. The van der Waals surface area contributed by atoms with Crippen LogP contribution in [-0.2, 0) is 28.7 Å². The summed E-state index contributed by atoms with van der Waals surface area (Å²) in [5, 5.41) is 0. The van der Waals surface area contributed by atoms with E-state index in [2.05, 4.69) is 0 Å². The second kappa shape index (κ2) is 6.15. The highest BCUT2D eigenvalue weighted by Gasteiger charge is 2.49. The van der Waals surface area contributed by atoms with Crippen LogP contribution in [0.2, 0.25) is 0 Å². The van der Waals surface area contributed by atoms with Crippen molar-refractivity contribution in [2.75, 3.05) is 13.2 Å². The molecule has 2 aliphatic heterocycles. The standard InChI is InChI=1S/C14H18O6/c1-2-8(15)3-4-9(16)5-10(11-6-19-13(11)17)12-7-20-14(12)18/h10-12H,2-7H2,1H3. The lowest BCUT2D eigenvalue weighted by Crippen LogP contribution is -2.50. The van der Waals surface area contributed by atoms with Crippen LogP contribution in [0, 0.1) is 17.8 Å². The Morgan fingerprint density at radius 1 is 1.05 bits per heavy atom. The predicted molar refractivity (Wildman–Crippen MR) is 66.5 cm³/mol. The number of esters is 2. The Hall–Kier alpha value is -1.72. The van der Waals surface area contributed by atoms with Crippen molar-refractivity contribution < 1.29 is 28.7 Å². The number of rotatable bonds is 8. The maximum Gasteiger partial charge on any atom is 0.312 e. The number of ketones is 2. The molecule has 2 saturated heterocycles. The Balaban J connectivity index is 1.90. The fourth-order valence-electron chi connectivity index (χ4n) is 2.48. The molecule has 2 unspecified atom stereocenters. The third-order valence-electron chi connectivity index (χ3n) is 3.99. The van der Waals surface area contributed by atoms with E-state index in [0.717, 1.165) is 0 Å². The second-order valence-corrected chi connectivity index (χ2v) is 5.27. The van der Waals surface area contributed by atoms with Crippen LogP contribution in [0.4, 0.5) is 0 Å². The van der Waals surface area contributed by atoms with Gasteiger partial charge in [0.2, 0.25) is 0 Å². The van der Waals surface area contributed by atoms with Crippen molar-refractivity contribution >= 4 is 23.5 Å². The average Bonchev–Trinajstić information content (AvgIpc) is 2.41. The van der Waals surface area contributed by atoms with Crippen molar-refractivity contribution in [3.63, 3.8) is 0 Å². The SMILES string of the molecule is CCC(=O)CCC(=O)CC(C1COC1=O)C1COC1=O. The molecule has 20 heavy (non-hydrogen) atoms. The van der Waals surface area contributed by atoms with Crippen LogP contribution >= 0.6 is 0 Å². The summed E-state index contributed by atoms with van der Waals surface area (Å²) in [5.41, 5.74) is 0. The molecule has 0 saturated carbocycles. The molecule has 2 aliphatic rings. The summed E-state index contributed by atoms with van der Waals surface area (Å²) in [5.74, 6) is -1.88. The molecule has 110 valence electrons. The van der Waals surface area contributed by atoms with Gasteiger partial charge in [0.1, 0.15) is 24.8 Å². The van der Waals surface area contributed by atoms with Crippen LogP contribution in [0.5, 0.6) is 0 Å². The first-order chi connectivity index (χ1) is 9.52. The van der Waals surface area contributed by atoms with Crippen LogP contribution in [0.1, 0.15) is 32.6 Å². The smallest absolute Gasteiger partial charge is 0.312 e. The number of ether oxygens (including phenoxy) is 2. The molecule has 2 heterocycles. The van der Waals surface area contributed by atoms with E-state index in [9.17, 15) is 19.2 Å². The lowest BCUT2D eigenvalue weighted by molar-refractivity contribution is -0.188. The van der Waals surface area contributed by atoms with E-state index in [-0.39, 0.29) is 61.9 Å². The molecule has 2 rings (SSSR count). The fourth-order valence-corrected chi connectivity index (χ4v) is 2.48. The summed E-state index contributed by atoms with van der Waals surface area (Å²) < 4.78 is 9.44. The molecule has 0 aromatic rings. The lowest BCUT2D eigenvalue weighted by Gasteiger charge is -2.38. The molecule has 6 nitrogen and oxygen atoms in total. The van der Waals surface area contributed by atoms with Crippen LogP contribution in [0.25, 0.3) is 0 Å². The van der Waals surface area contributed by atoms with Gasteiger partial charge in [0, 0.05) is 25.7 Å². The molecular formula is C14H18O6. The van der Waals surface area contributed by atoms with Crippen LogP contribution in [-0.4, -0.2) is 36.7 Å². The minimum absolute atomic E-state index is 0.0426. The van der Waals surface area contributed by atoms with Gasteiger partial charge in [-0.05, 0) is 5.92 Å². The summed E-state index contributed by atoms with van der Waals surface area (Å²) in [7, 11) is 0.